The van der Waals surface area contributed by atoms with Crippen LogP contribution in [0, 0.1) is 0 Å². The molecule has 0 atom stereocenters. The topological polar surface area (TPSA) is 97.0 Å². The zero-order valence-electron chi connectivity index (χ0n) is 19.0. The molecule has 0 unspecified atom stereocenters. The average Bonchev–Trinajstić information content (AvgIpc) is 2.79. The summed E-state index contributed by atoms with van der Waals surface area (Å²) in [5, 5.41) is 6.15. The maximum Gasteiger partial charge on any atom is 0.337 e. The zero-order chi connectivity index (χ0) is 23.6. The molecule has 172 valence electrons. The molecule has 0 saturated carbocycles. The van der Waals surface area contributed by atoms with E-state index in [1.165, 1.54) is 7.11 Å². The first-order chi connectivity index (χ1) is 15.2. The molecule has 2 N–H and O–H groups in total. The lowest BCUT2D eigenvalue weighted by atomic mass is 10.1. The predicted octanol–water partition coefficient (Wildman–Crippen LogP) is 3.09. The lowest BCUT2D eigenvalue weighted by molar-refractivity contribution is -0.138. The van der Waals surface area contributed by atoms with Gasteiger partial charge in [0.25, 0.3) is 12.4 Å². The fourth-order valence-electron chi connectivity index (χ4n) is 2.90. The van der Waals surface area contributed by atoms with Crippen LogP contribution >= 0.6 is 0 Å². The highest BCUT2D eigenvalue weighted by atomic mass is 16.5. The van der Waals surface area contributed by atoms with Gasteiger partial charge in [0.15, 0.2) is 0 Å². The molecule has 8 heteroatoms. The van der Waals surface area contributed by atoms with E-state index in [1.807, 2.05) is 45.0 Å². The van der Waals surface area contributed by atoms with Crippen LogP contribution in [0.3, 0.4) is 0 Å². The van der Waals surface area contributed by atoms with E-state index in [2.05, 4.69) is 25.0 Å². The highest BCUT2D eigenvalue weighted by Crippen LogP contribution is 2.17. The van der Waals surface area contributed by atoms with Crippen molar-refractivity contribution in [1.29, 1.82) is 0 Å². The largest absolute Gasteiger partial charge is 0.465 e. The molecule has 32 heavy (non-hydrogen) atoms. The molecule has 2 aromatic rings. The summed E-state index contributed by atoms with van der Waals surface area (Å²) in [7, 11) is 1.34. The monoisotopic (exact) mass is 441 g/mol. The average molecular weight is 442 g/mol. The van der Waals surface area contributed by atoms with Crippen molar-refractivity contribution >= 4 is 29.7 Å². The third-order valence-electron chi connectivity index (χ3n) is 4.58. The van der Waals surface area contributed by atoms with Crippen molar-refractivity contribution < 1.29 is 23.9 Å². The van der Waals surface area contributed by atoms with E-state index in [1.54, 1.807) is 24.3 Å². The number of rotatable bonds is 5. The lowest BCUT2D eigenvalue weighted by Crippen LogP contribution is -2.43. The summed E-state index contributed by atoms with van der Waals surface area (Å²) in [6.07, 6.45) is 0. The van der Waals surface area contributed by atoms with Crippen LogP contribution in [0.2, 0.25) is 0 Å². The van der Waals surface area contributed by atoms with E-state index in [0.29, 0.717) is 23.3 Å². The Labute approximate surface area is 188 Å². The molecule has 0 bridgehead atoms. The molecule has 1 saturated heterocycles. The first kappa shape index (κ1) is 24.9. The summed E-state index contributed by atoms with van der Waals surface area (Å²) < 4.78 is 9.20. The second-order valence-electron chi connectivity index (χ2n) is 8.13. The molecule has 1 amide bonds. The van der Waals surface area contributed by atoms with Crippen LogP contribution in [0.4, 0.5) is 11.4 Å². The number of carbonyl (C=O) groups excluding carboxylic acids is 3. The Morgan fingerprint density at radius 3 is 2.00 bits per heavy atom. The van der Waals surface area contributed by atoms with Gasteiger partial charge in [-0.3, -0.25) is 9.59 Å². The van der Waals surface area contributed by atoms with Crippen molar-refractivity contribution in [3.63, 3.8) is 0 Å². The van der Waals surface area contributed by atoms with Gasteiger partial charge in [0.1, 0.15) is 5.60 Å². The summed E-state index contributed by atoms with van der Waals surface area (Å²) in [5.74, 6) is -0.584. The second kappa shape index (κ2) is 11.9. The lowest BCUT2D eigenvalue weighted by Gasteiger charge is -2.29. The van der Waals surface area contributed by atoms with Crippen LogP contribution in [0.15, 0.2) is 48.5 Å². The van der Waals surface area contributed by atoms with Gasteiger partial charge in [-0.05, 0) is 69.3 Å². The Morgan fingerprint density at radius 2 is 1.53 bits per heavy atom. The molecule has 1 aliphatic rings. The van der Waals surface area contributed by atoms with E-state index in [0.717, 1.165) is 31.9 Å². The molecular weight excluding hydrogens is 410 g/mol. The van der Waals surface area contributed by atoms with Gasteiger partial charge in [-0.25, -0.2) is 4.79 Å². The summed E-state index contributed by atoms with van der Waals surface area (Å²) in [4.78, 5) is 35.7. The minimum Gasteiger partial charge on any atom is -0.465 e. The number of anilines is 2. The van der Waals surface area contributed by atoms with Crippen LogP contribution in [-0.4, -0.2) is 57.2 Å². The van der Waals surface area contributed by atoms with Gasteiger partial charge >= 0.3 is 5.97 Å². The van der Waals surface area contributed by atoms with Gasteiger partial charge in [0.2, 0.25) is 0 Å². The molecule has 0 aliphatic carbocycles. The smallest absolute Gasteiger partial charge is 0.337 e. The third-order valence-corrected chi connectivity index (χ3v) is 4.58. The number of hydrogen-bond donors (Lipinski definition) is 2. The first-order valence-electron chi connectivity index (χ1n) is 10.4. The maximum absolute atomic E-state index is 12.4. The highest BCUT2D eigenvalue weighted by molar-refractivity contribution is 6.04. The van der Waals surface area contributed by atoms with Crippen LogP contribution in [0.5, 0.6) is 0 Å². The molecule has 0 aromatic heterocycles. The zero-order valence-corrected chi connectivity index (χ0v) is 19.0. The van der Waals surface area contributed by atoms with E-state index < -0.39 is 5.97 Å². The van der Waals surface area contributed by atoms with Gasteiger partial charge in [0, 0.05) is 43.1 Å². The fraction of sp³-hybridized carbons (Fsp3) is 0.375. The molecule has 1 fully saturated rings. The minimum absolute atomic E-state index is 0.183. The summed E-state index contributed by atoms with van der Waals surface area (Å²) in [6.45, 7) is 9.81. The molecule has 1 heterocycles. The number of carbonyl (C=O) groups is 3. The van der Waals surface area contributed by atoms with Crippen molar-refractivity contribution in [3.05, 3.63) is 59.7 Å². The van der Waals surface area contributed by atoms with E-state index >= 15 is 0 Å². The molecule has 8 nitrogen and oxygen atoms in total. The standard InChI is InChI=1S/C19H21N3O3.C5H10O2/c1-25-19(24)15-2-6-16(7-3-15)21-18(23)14-4-8-17(9-5-14)22-12-10-20-11-13-22;1-5(2,3)7-4-6/h2-9,20H,10-13H2,1H3,(H,21,23);4H,1-3H3. The Morgan fingerprint density at radius 1 is 0.969 bits per heavy atom. The van der Waals surface area contributed by atoms with E-state index in [9.17, 15) is 14.4 Å². The molecule has 3 rings (SSSR count). The molecular formula is C24H31N3O5. The first-order valence-corrected chi connectivity index (χ1v) is 10.4. The third kappa shape index (κ3) is 8.03. The normalized spacial score (nSPS) is 13.3. The minimum atomic E-state index is -0.402. The number of hydrogen-bond acceptors (Lipinski definition) is 7. The van der Waals surface area contributed by atoms with Crippen molar-refractivity contribution in [3.8, 4) is 0 Å². The Kier molecular flexibility index (Phi) is 9.22. The van der Waals surface area contributed by atoms with Crippen molar-refractivity contribution in [1.82, 2.24) is 5.32 Å². The Balaban J connectivity index is 0.000000451. The van der Waals surface area contributed by atoms with Gasteiger partial charge in [-0.1, -0.05) is 0 Å². The SMILES string of the molecule is CC(C)(C)OC=O.COC(=O)c1ccc(NC(=O)c2ccc(N3CCNCC3)cc2)cc1. The van der Waals surface area contributed by atoms with Crippen molar-refractivity contribution in [2.75, 3.05) is 43.5 Å². The van der Waals surface area contributed by atoms with Crippen molar-refractivity contribution in [2.45, 2.75) is 26.4 Å². The van der Waals surface area contributed by atoms with Crippen molar-refractivity contribution in [2.24, 2.45) is 0 Å². The molecule has 2 aromatic carbocycles. The number of nitrogens with zero attached hydrogens (tertiary/aromatic N) is 1. The molecule has 0 radical (unpaired) electrons. The van der Waals surface area contributed by atoms with Crippen LogP contribution in [0.1, 0.15) is 41.5 Å². The predicted molar refractivity (Wildman–Crippen MR) is 124 cm³/mol. The van der Waals surface area contributed by atoms with Gasteiger partial charge in [-0.15, -0.1) is 0 Å². The van der Waals surface area contributed by atoms with Crippen LogP contribution in [0.25, 0.3) is 0 Å². The number of piperazine rings is 1. The number of esters is 1. The number of ether oxygens (including phenoxy) is 2. The Hall–Kier alpha value is -3.39. The Bertz CT molecular complexity index is 883. The number of benzene rings is 2. The second-order valence-corrected chi connectivity index (χ2v) is 8.13. The summed E-state index contributed by atoms with van der Waals surface area (Å²) >= 11 is 0. The summed E-state index contributed by atoms with van der Waals surface area (Å²) in [6, 6.07) is 14.2. The quantitative estimate of drug-likeness (QED) is 0.544. The molecule has 0 spiro atoms. The van der Waals surface area contributed by atoms with E-state index in [-0.39, 0.29) is 11.5 Å². The van der Waals surface area contributed by atoms with Crippen LogP contribution < -0.4 is 15.5 Å². The van der Waals surface area contributed by atoms with Gasteiger partial charge < -0.3 is 25.0 Å². The van der Waals surface area contributed by atoms with Crippen LogP contribution in [-0.2, 0) is 14.3 Å². The number of methoxy groups -OCH3 is 1. The molecule has 1 aliphatic heterocycles. The fourth-order valence-corrected chi connectivity index (χ4v) is 2.90. The number of nitrogens with one attached hydrogen (secondary N) is 2. The van der Waals surface area contributed by atoms with E-state index in [4.69, 9.17) is 0 Å². The van der Waals surface area contributed by atoms with Gasteiger partial charge in [-0.2, -0.15) is 0 Å². The summed E-state index contributed by atoms with van der Waals surface area (Å²) in [5.41, 5.74) is 2.47. The highest BCUT2D eigenvalue weighted by Gasteiger charge is 2.12. The van der Waals surface area contributed by atoms with Gasteiger partial charge in [0.05, 0.1) is 12.7 Å². The number of amides is 1. The maximum atomic E-state index is 12.4.